The quantitative estimate of drug-likeness (QED) is 0.723. The zero-order valence-electron chi connectivity index (χ0n) is 12.1. The van der Waals surface area contributed by atoms with E-state index in [0.717, 1.165) is 22.5 Å². The van der Waals surface area contributed by atoms with E-state index in [-0.39, 0.29) is 5.82 Å². The molecule has 0 saturated heterocycles. The van der Waals surface area contributed by atoms with E-state index in [4.69, 9.17) is 0 Å². The van der Waals surface area contributed by atoms with Crippen LogP contribution in [0.1, 0.15) is 17.0 Å². The van der Waals surface area contributed by atoms with Crippen molar-refractivity contribution in [3.8, 4) is 17.1 Å². The van der Waals surface area contributed by atoms with E-state index in [0.29, 0.717) is 11.5 Å². The summed E-state index contributed by atoms with van der Waals surface area (Å²) in [5.41, 5.74) is 3.62. The average Bonchev–Trinajstić information content (AvgIpc) is 2.94. The Hall–Kier alpha value is -2.56. The van der Waals surface area contributed by atoms with Gasteiger partial charge in [-0.1, -0.05) is 12.1 Å². The summed E-state index contributed by atoms with van der Waals surface area (Å²) in [7, 11) is 0. The summed E-state index contributed by atoms with van der Waals surface area (Å²) in [6, 6.07) is 6.99. The summed E-state index contributed by atoms with van der Waals surface area (Å²) < 4.78 is 15.8. The van der Waals surface area contributed by atoms with Crippen LogP contribution in [0.4, 0.5) is 4.39 Å². The zero-order valence-corrected chi connectivity index (χ0v) is 12.1. The fourth-order valence-corrected chi connectivity index (χ4v) is 2.40. The van der Waals surface area contributed by atoms with Gasteiger partial charge in [-0.25, -0.2) is 19.0 Å². The van der Waals surface area contributed by atoms with Gasteiger partial charge in [0.1, 0.15) is 5.82 Å². The molecule has 0 amide bonds. The van der Waals surface area contributed by atoms with Gasteiger partial charge in [0.05, 0.1) is 11.4 Å². The first-order chi connectivity index (χ1) is 10.1. The monoisotopic (exact) mass is 282 g/mol. The molecule has 0 atom stereocenters. The second kappa shape index (κ2) is 5.09. The fourth-order valence-electron chi connectivity index (χ4n) is 2.40. The van der Waals surface area contributed by atoms with Gasteiger partial charge in [-0.3, -0.25) is 0 Å². The first-order valence-corrected chi connectivity index (χ1v) is 6.68. The van der Waals surface area contributed by atoms with E-state index in [1.54, 1.807) is 23.1 Å². The molecule has 21 heavy (non-hydrogen) atoms. The number of nitrogens with zero attached hydrogens (tertiary/aromatic N) is 4. The van der Waals surface area contributed by atoms with Gasteiger partial charge in [-0.05, 0) is 38.5 Å². The van der Waals surface area contributed by atoms with Crippen molar-refractivity contribution in [3.05, 3.63) is 59.4 Å². The second-order valence-corrected chi connectivity index (χ2v) is 5.00. The lowest BCUT2D eigenvalue weighted by Crippen LogP contribution is -2.07. The van der Waals surface area contributed by atoms with Gasteiger partial charge in [0, 0.05) is 23.5 Å². The Balaban J connectivity index is 2.16. The van der Waals surface area contributed by atoms with Gasteiger partial charge in [0.2, 0.25) is 0 Å². The van der Waals surface area contributed by atoms with Crippen LogP contribution in [0.15, 0.2) is 36.7 Å². The van der Waals surface area contributed by atoms with E-state index in [2.05, 4.69) is 15.1 Å². The molecule has 1 aromatic carbocycles. The van der Waals surface area contributed by atoms with Gasteiger partial charge in [-0.2, -0.15) is 5.10 Å². The molecule has 0 aliphatic carbocycles. The van der Waals surface area contributed by atoms with Crippen LogP contribution in [0.2, 0.25) is 0 Å². The standard InChI is InChI=1S/C16H15FN4/c1-10-5-6-13(14(17)9-10)15-11(2)19-16(20-12(15)3)21-8-4-7-18-21/h4-9H,1-3H3. The lowest BCUT2D eigenvalue weighted by Gasteiger charge is -2.12. The SMILES string of the molecule is Cc1ccc(-c2c(C)nc(-n3cccn3)nc2C)c(F)c1. The Morgan fingerprint density at radius 2 is 1.76 bits per heavy atom. The molecule has 5 heteroatoms. The van der Waals surface area contributed by atoms with E-state index < -0.39 is 0 Å². The van der Waals surface area contributed by atoms with E-state index in [1.165, 1.54) is 6.07 Å². The molecular formula is C16H15FN4. The third-order valence-electron chi connectivity index (χ3n) is 3.36. The molecule has 0 N–H and O–H groups in total. The van der Waals surface area contributed by atoms with Crippen molar-refractivity contribution in [2.45, 2.75) is 20.8 Å². The normalized spacial score (nSPS) is 10.9. The third-order valence-corrected chi connectivity index (χ3v) is 3.36. The van der Waals surface area contributed by atoms with Gasteiger partial charge < -0.3 is 0 Å². The van der Waals surface area contributed by atoms with Crippen molar-refractivity contribution >= 4 is 0 Å². The smallest absolute Gasteiger partial charge is 0.216 e. The zero-order chi connectivity index (χ0) is 15.0. The molecule has 4 nitrogen and oxygen atoms in total. The van der Waals surface area contributed by atoms with Crippen molar-refractivity contribution in [1.82, 2.24) is 19.7 Å². The average molecular weight is 282 g/mol. The molecular weight excluding hydrogens is 267 g/mol. The molecule has 0 radical (unpaired) electrons. The molecule has 3 rings (SSSR count). The van der Waals surface area contributed by atoms with Crippen LogP contribution in [0, 0.1) is 26.6 Å². The molecule has 0 aliphatic rings. The minimum atomic E-state index is -0.253. The molecule has 2 heterocycles. The fraction of sp³-hybridized carbons (Fsp3) is 0.188. The highest BCUT2D eigenvalue weighted by molar-refractivity contribution is 5.69. The number of hydrogen-bond acceptors (Lipinski definition) is 3. The summed E-state index contributed by atoms with van der Waals surface area (Å²) in [4.78, 5) is 8.88. The van der Waals surface area contributed by atoms with E-state index in [1.807, 2.05) is 32.9 Å². The van der Waals surface area contributed by atoms with Gasteiger partial charge in [0.15, 0.2) is 0 Å². The van der Waals surface area contributed by atoms with Gasteiger partial charge in [0.25, 0.3) is 5.95 Å². The van der Waals surface area contributed by atoms with E-state index >= 15 is 0 Å². The number of aryl methyl sites for hydroxylation is 3. The molecule has 0 bridgehead atoms. The van der Waals surface area contributed by atoms with Crippen LogP contribution >= 0.6 is 0 Å². The maximum Gasteiger partial charge on any atom is 0.250 e. The number of aromatic nitrogens is 4. The van der Waals surface area contributed by atoms with Crippen LogP contribution < -0.4 is 0 Å². The summed E-state index contributed by atoms with van der Waals surface area (Å²) >= 11 is 0. The van der Waals surface area contributed by atoms with E-state index in [9.17, 15) is 4.39 Å². The minimum Gasteiger partial charge on any atom is -0.216 e. The highest BCUT2D eigenvalue weighted by Gasteiger charge is 2.15. The number of halogens is 1. The van der Waals surface area contributed by atoms with Crippen LogP contribution in [-0.2, 0) is 0 Å². The Kier molecular flexibility index (Phi) is 3.25. The molecule has 0 unspecified atom stereocenters. The molecule has 2 aromatic heterocycles. The maximum absolute atomic E-state index is 14.2. The highest BCUT2D eigenvalue weighted by atomic mass is 19.1. The molecule has 0 aliphatic heterocycles. The maximum atomic E-state index is 14.2. The largest absolute Gasteiger partial charge is 0.250 e. The summed E-state index contributed by atoms with van der Waals surface area (Å²) in [6.45, 7) is 5.58. The number of benzene rings is 1. The summed E-state index contributed by atoms with van der Waals surface area (Å²) in [5.74, 6) is 0.239. The first kappa shape index (κ1) is 13.4. The van der Waals surface area contributed by atoms with Crippen molar-refractivity contribution in [2.75, 3.05) is 0 Å². The van der Waals surface area contributed by atoms with Gasteiger partial charge >= 0.3 is 0 Å². The number of hydrogen-bond donors (Lipinski definition) is 0. The van der Waals surface area contributed by atoms with Gasteiger partial charge in [-0.15, -0.1) is 0 Å². The highest BCUT2D eigenvalue weighted by Crippen LogP contribution is 2.28. The molecule has 0 fully saturated rings. The topological polar surface area (TPSA) is 43.6 Å². The summed E-state index contributed by atoms with van der Waals surface area (Å²) in [5, 5.41) is 4.12. The Labute approximate surface area is 122 Å². The first-order valence-electron chi connectivity index (χ1n) is 6.68. The summed E-state index contributed by atoms with van der Waals surface area (Å²) in [6.07, 6.45) is 3.45. The second-order valence-electron chi connectivity index (χ2n) is 5.00. The Bertz CT molecular complexity index is 771. The van der Waals surface area contributed by atoms with Crippen molar-refractivity contribution < 1.29 is 4.39 Å². The predicted octanol–water partition coefficient (Wildman–Crippen LogP) is 3.39. The Morgan fingerprint density at radius 1 is 1.05 bits per heavy atom. The lowest BCUT2D eigenvalue weighted by atomic mass is 10.0. The van der Waals surface area contributed by atoms with Crippen molar-refractivity contribution in [1.29, 1.82) is 0 Å². The van der Waals surface area contributed by atoms with Crippen LogP contribution in [0.25, 0.3) is 17.1 Å². The third kappa shape index (κ3) is 2.42. The van der Waals surface area contributed by atoms with Crippen molar-refractivity contribution in [2.24, 2.45) is 0 Å². The van der Waals surface area contributed by atoms with Crippen LogP contribution in [-0.4, -0.2) is 19.7 Å². The van der Waals surface area contributed by atoms with Crippen LogP contribution in [0.5, 0.6) is 0 Å². The van der Waals surface area contributed by atoms with Crippen LogP contribution in [0.3, 0.4) is 0 Å². The van der Waals surface area contributed by atoms with Crippen molar-refractivity contribution in [3.63, 3.8) is 0 Å². The Morgan fingerprint density at radius 3 is 2.33 bits per heavy atom. The molecule has 0 spiro atoms. The lowest BCUT2D eigenvalue weighted by molar-refractivity contribution is 0.629. The minimum absolute atomic E-state index is 0.253. The molecule has 0 saturated carbocycles. The molecule has 3 aromatic rings. The molecule has 106 valence electrons. The predicted molar refractivity (Wildman–Crippen MR) is 78.8 cm³/mol. The number of rotatable bonds is 2.